The molecule has 0 radical (unpaired) electrons. The summed E-state index contributed by atoms with van der Waals surface area (Å²) in [6.45, 7) is 3.34. The minimum atomic E-state index is -0.847. The Bertz CT molecular complexity index is 378. The van der Waals surface area contributed by atoms with Gasteiger partial charge in [-0.1, -0.05) is 12.1 Å². The van der Waals surface area contributed by atoms with Gasteiger partial charge >= 0.3 is 5.97 Å². The highest BCUT2D eigenvalue weighted by molar-refractivity contribution is 5.90. The fourth-order valence-electron chi connectivity index (χ4n) is 2.17. The fraction of sp³-hybridized carbons (Fsp3) is 0.417. The third-order valence-electron chi connectivity index (χ3n) is 2.89. The van der Waals surface area contributed by atoms with Crippen LogP contribution in [0.2, 0.25) is 0 Å². The Hall–Kier alpha value is -1.35. The number of ether oxygens (including phenoxy) is 1. The van der Waals surface area contributed by atoms with E-state index in [-0.39, 0.29) is 5.92 Å². The Morgan fingerprint density at radius 3 is 2.93 bits per heavy atom. The molecule has 2 rings (SSSR count). The molecule has 0 spiro atoms. The minimum absolute atomic E-state index is 0.247. The van der Waals surface area contributed by atoms with Crippen molar-refractivity contribution in [3.05, 3.63) is 34.9 Å². The van der Waals surface area contributed by atoms with Crippen molar-refractivity contribution < 1.29 is 14.6 Å². The smallest absolute Gasteiger partial charge is 0.335 e. The predicted octanol–water partition coefficient (Wildman–Crippen LogP) is 2.20. The number of benzene rings is 1. The summed E-state index contributed by atoms with van der Waals surface area (Å²) in [5, 5.41) is 9.11. The summed E-state index contributed by atoms with van der Waals surface area (Å²) in [5.74, 6) is -0.599. The molecule has 1 unspecified atom stereocenters. The lowest BCUT2D eigenvalue weighted by Gasteiger charge is -2.14. The second-order valence-electron chi connectivity index (χ2n) is 3.90. The molecule has 0 saturated carbocycles. The zero-order valence-corrected chi connectivity index (χ0v) is 8.69. The molecule has 0 aliphatic carbocycles. The number of hydrogen-bond acceptors (Lipinski definition) is 2. The lowest BCUT2D eigenvalue weighted by atomic mass is 9.90. The average Bonchev–Trinajstić information content (AvgIpc) is 2.70. The zero-order chi connectivity index (χ0) is 10.8. The van der Waals surface area contributed by atoms with Crippen molar-refractivity contribution in [3.8, 4) is 0 Å². The lowest BCUT2D eigenvalue weighted by Crippen LogP contribution is -2.09. The molecule has 0 bridgehead atoms. The van der Waals surface area contributed by atoms with Crippen LogP contribution >= 0.6 is 0 Å². The first-order valence-corrected chi connectivity index (χ1v) is 5.10. The Balaban J connectivity index is 2.46. The van der Waals surface area contributed by atoms with Crippen molar-refractivity contribution in [2.45, 2.75) is 19.3 Å². The van der Waals surface area contributed by atoms with Gasteiger partial charge in [0.15, 0.2) is 0 Å². The summed E-state index contributed by atoms with van der Waals surface area (Å²) < 4.78 is 5.31. The van der Waals surface area contributed by atoms with Gasteiger partial charge in [-0.25, -0.2) is 4.79 Å². The van der Waals surface area contributed by atoms with Crippen molar-refractivity contribution in [2.75, 3.05) is 13.2 Å². The number of carbonyl (C=O) groups is 1. The van der Waals surface area contributed by atoms with Crippen molar-refractivity contribution in [1.29, 1.82) is 0 Å². The third kappa shape index (κ3) is 1.88. The molecule has 1 aromatic rings. The van der Waals surface area contributed by atoms with Crippen LogP contribution in [0.15, 0.2) is 18.2 Å². The van der Waals surface area contributed by atoms with Crippen LogP contribution in [-0.2, 0) is 4.74 Å². The molecular weight excluding hydrogens is 192 g/mol. The van der Waals surface area contributed by atoms with Gasteiger partial charge in [0, 0.05) is 12.5 Å². The van der Waals surface area contributed by atoms with E-state index < -0.39 is 5.97 Å². The molecule has 1 aliphatic heterocycles. The van der Waals surface area contributed by atoms with Gasteiger partial charge in [-0.3, -0.25) is 0 Å². The first kappa shape index (κ1) is 10.2. The van der Waals surface area contributed by atoms with Gasteiger partial charge in [-0.2, -0.15) is 0 Å². The third-order valence-corrected chi connectivity index (χ3v) is 2.89. The summed E-state index contributed by atoms with van der Waals surface area (Å²) in [7, 11) is 0. The molecular formula is C12H14O3. The van der Waals surface area contributed by atoms with E-state index in [1.807, 2.05) is 13.0 Å². The SMILES string of the molecule is Cc1cccc(C(=O)O)c1C1CCOC1. The molecule has 1 N–H and O–H groups in total. The Labute approximate surface area is 88.7 Å². The van der Waals surface area contributed by atoms with Gasteiger partial charge in [-0.05, 0) is 30.5 Å². The van der Waals surface area contributed by atoms with Crippen LogP contribution in [0, 0.1) is 6.92 Å². The van der Waals surface area contributed by atoms with Crippen molar-refractivity contribution >= 4 is 5.97 Å². The van der Waals surface area contributed by atoms with Gasteiger partial charge in [-0.15, -0.1) is 0 Å². The molecule has 3 heteroatoms. The normalized spacial score (nSPS) is 20.5. The van der Waals surface area contributed by atoms with Crippen LogP contribution < -0.4 is 0 Å². The van der Waals surface area contributed by atoms with Crippen LogP contribution in [0.4, 0.5) is 0 Å². The maximum Gasteiger partial charge on any atom is 0.335 e. The first-order valence-electron chi connectivity index (χ1n) is 5.10. The van der Waals surface area contributed by atoms with E-state index >= 15 is 0 Å². The highest BCUT2D eigenvalue weighted by Gasteiger charge is 2.24. The number of carboxylic acid groups (broad SMARTS) is 1. The molecule has 0 aromatic heterocycles. The van der Waals surface area contributed by atoms with E-state index in [1.165, 1.54) is 0 Å². The Morgan fingerprint density at radius 2 is 2.33 bits per heavy atom. The number of hydrogen-bond donors (Lipinski definition) is 1. The second kappa shape index (κ2) is 4.03. The average molecular weight is 206 g/mol. The standard InChI is InChI=1S/C12H14O3/c1-8-3-2-4-10(12(13)14)11(8)9-5-6-15-7-9/h2-4,9H,5-7H2,1H3,(H,13,14). The molecule has 1 heterocycles. The number of aromatic carboxylic acids is 1. The van der Waals surface area contributed by atoms with Crippen LogP contribution in [0.5, 0.6) is 0 Å². The van der Waals surface area contributed by atoms with Crippen molar-refractivity contribution in [2.24, 2.45) is 0 Å². The largest absolute Gasteiger partial charge is 0.478 e. The monoisotopic (exact) mass is 206 g/mol. The van der Waals surface area contributed by atoms with E-state index in [0.717, 1.165) is 24.2 Å². The first-order chi connectivity index (χ1) is 7.20. The molecule has 1 saturated heterocycles. The molecule has 3 nitrogen and oxygen atoms in total. The molecule has 0 amide bonds. The summed E-state index contributed by atoms with van der Waals surface area (Å²) >= 11 is 0. The number of carboxylic acids is 1. The number of aryl methyl sites for hydroxylation is 1. The fourth-order valence-corrected chi connectivity index (χ4v) is 2.17. The summed E-state index contributed by atoms with van der Waals surface area (Å²) in [5.41, 5.74) is 2.42. The summed E-state index contributed by atoms with van der Waals surface area (Å²) in [6, 6.07) is 5.42. The maximum atomic E-state index is 11.1. The molecule has 1 aliphatic rings. The molecule has 15 heavy (non-hydrogen) atoms. The highest BCUT2D eigenvalue weighted by atomic mass is 16.5. The van der Waals surface area contributed by atoms with E-state index in [4.69, 9.17) is 9.84 Å². The van der Waals surface area contributed by atoms with Crippen molar-refractivity contribution in [3.63, 3.8) is 0 Å². The minimum Gasteiger partial charge on any atom is -0.478 e. The molecule has 1 fully saturated rings. The van der Waals surface area contributed by atoms with Crippen LogP contribution in [0.3, 0.4) is 0 Å². The quantitative estimate of drug-likeness (QED) is 0.806. The zero-order valence-electron chi connectivity index (χ0n) is 8.69. The predicted molar refractivity (Wildman–Crippen MR) is 56.3 cm³/mol. The van der Waals surface area contributed by atoms with Gasteiger partial charge in [0.05, 0.1) is 12.2 Å². The van der Waals surface area contributed by atoms with E-state index in [0.29, 0.717) is 12.2 Å². The van der Waals surface area contributed by atoms with Crippen LogP contribution in [0.1, 0.15) is 33.8 Å². The maximum absolute atomic E-state index is 11.1. The van der Waals surface area contributed by atoms with Crippen LogP contribution in [-0.4, -0.2) is 24.3 Å². The summed E-state index contributed by atoms with van der Waals surface area (Å²) in [4.78, 5) is 11.1. The Kier molecular flexibility index (Phi) is 2.73. The molecule has 80 valence electrons. The highest BCUT2D eigenvalue weighted by Crippen LogP contribution is 2.30. The van der Waals surface area contributed by atoms with Gasteiger partial charge in [0.25, 0.3) is 0 Å². The number of rotatable bonds is 2. The summed E-state index contributed by atoms with van der Waals surface area (Å²) in [6.07, 6.45) is 0.922. The molecule has 1 aromatic carbocycles. The van der Waals surface area contributed by atoms with Crippen LogP contribution in [0.25, 0.3) is 0 Å². The van der Waals surface area contributed by atoms with Gasteiger partial charge in [0.1, 0.15) is 0 Å². The van der Waals surface area contributed by atoms with Gasteiger partial charge in [0.2, 0.25) is 0 Å². The molecule has 1 atom stereocenters. The topological polar surface area (TPSA) is 46.5 Å². The van der Waals surface area contributed by atoms with E-state index in [9.17, 15) is 4.79 Å². The van der Waals surface area contributed by atoms with E-state index in [1.54, 1.807) is 12.1 Å². The van der Waals surface area contributed by atoms with E-state index in [2.05, 4.69) is 0 Å². The van der Waals surface area contributed by atoms with Gasteiger partial charge < -0.3 is 9.84 Å². The lowest BCUT2D eigenvalue weighted by molar-refractivity contribution is 0.0695. The Morgan fingerprint density at radius 1 is 1.53 bits per heavy atom. The van der Waals surface area contributed by atoms with Crippen molar-refractivity contribution in [1.82, 2.24) is 0 Å². The second-order valence-corrected chi connectivity index (χ2v) is 3.90.